The van der Waals surface area contributed by atoms with Crippen molar-refractivity contribution in [3.05, 3.63) is 33.5 Å². The maximum absolute atomic E-state index is 12.7. The zero-order valence-corrected chi connectivity index (χ0v) is 15.8. The summed E-state index contributed by atoms with van der Waals surface area (Å²) in [6.45, 7) is 2.20. The molecule has 2 aromatic rings. The summed E-state index contributed by atoms with van der Waals surface area (Å²) in [7, 11) is 0. The van der Waals surface area contributed by atoms with Gasteiger partial charge in [0.1, 0.15) is 12.2 Å². The number of likely N-dealkylation sites (tertiary alicyclic amines) is 1. The van der Waals surface area contributed by atoms with Crippen molar-refractivity contribution in [2.75, 3.05) is 13.1 Å². The molecule has 152 valence electrons. The largest absolute Gasteiger partial charge is 0.435 e. The van der Waals surface area contributed by atoms with Gasteiger partial charge >= 0.3 is 6.18 Å². The average molecular weight is 416 g/mol. The van der Waals surface area contributed by atoms with Gasteiger partial charge in [0.25, 0.3) is 0 Å². The number of aromatic nitrogens is 3. The van der Waals surface area contributed by atoms with Crippen LogP contribution in [0.3, 0.4) is 0 Å². The number of alkyl halides is 3. The van der Waals surface area contributed by atoms with Crippen molar-refractivity contribution < 1.29 is 23.2 Å². The standard InChI is InChI=1S/C16H19F3N6O2S/c1-9-6-12(16(17,18)19)22-25(9)7-13(26)24-4-2-10(3-5-24)15-21-11(8-28-15)14(20)23-27/h6,8,10,27H,2-5,7H2,1H3,(H2,20,23). The van der Waals surface area contributed by atoms with Gasteiger partial charge in [-0.3, -0.25) is 25.6 Å². The number of nitrogens with zero attached hydrogens (tertiary/aromatic N) is 4. The lowest BCUT2D eigenvalue weighted by Crippen LogP contribution is -2.40. The molecule has 0 bridgehead atoms. The Kier molecular flexibility index (Phi) is 5.70. The van der Waals surface area contributed by atoms with E-state index in [1.807, 2.05) is 0 Å². The van der Waals surface area contributed by atoms with Gasteiger partial charge in [0.2, 0.25) is 5.91 Å². The molecule has 1 aliphatic heterocycles. The Morgan fingerprint density at radius 2 is 2.11 bits per heavy atom. The van der Waals surface area contributed by atoms with Gasteiger partial charge in [-0.25, -0.2) is 4.98 Å². The van der Waals surface area contributed by atoms with Crippen LogP contribution in [-0.2, 0) is 17.5 Å². The number of aryl methyl sites for hydroxylation is 1. The number of amides is 1. The quantitative estimate of drug-likeness (QED) is 0.403. The zero-order valence-electron chi connectivity index (χ0n) is 15.0. The van der Waals surface area contributed by atoms with E-state index in [-0.39, 0.29) is 29.9 Å². The van der Waals surface area contributed by atoms with E-state index in [1.165, 1.54) is 18.3 Å². The highest BCUT2D eigenvalue weighted by Crippen LogP contribution is 2.31. The van der Waals surface area contributed by atoms with Crippen LogP contribution in [0.1, 0.15) is 40.8 Å². The highest BCUT2D eigenvalue weighted by atomic mass is 32.1. The van der Waals surface area contributed by atoms with Crippen molar-refractivity contribution in [1.82, 2.24) is 25.1 Å². The van der Waals surface area contributed by atoms with Gasteiger partial charge in [0.05, 0.1) is 5.01 Å². The molecule has 8 nitrogen and oxygen atoms in total. The molecular weight excluding hydrogens is 397 g/mol. The first-order valence-corrected chi connectivity index (χ1v) is 9.41. The Morgan fingerprint density at radius 1 is 1.43 bits per heavy atom. The van der Waals surface area contributed by atoms with E-state index in [0.717, 1.165) is 15.8 Å². The van der Waals surface area contributed by atoms with E-state index in [1.54, 1.807) is 15.8 Å². The number of thiazole rings is 1. The predicted octanol–water partition coefficient (Wildman–Crippen LogP) is 2.38. The topological polar surface area (TPSA) is 107 Å². The van der Waals surface area contributed by atoms with E-state index in [2.05, 4.69) is 10.1 Å². The van der Waals surface area contributed by atoms with Crippen molar-refractivity contribution >= 4 is 23.1 Å². The van der Waals surface area contributed by atoms with E-state index in [4.69, 9.17) is 10.6 Å². The SMILES string of the molecule is Cc1cc(C(F)(F)F)nn1CC(=O)N1CCC(c2nc(C(=N)NO)cs2)CC1. The molecule has 1 saturated heterocycles. The number of piperidine rings is 1. The summed E-state index contributed by atoms with van der Waals surface area (Å²) in [5.74, 6) is -0.315. The van der Waals surface area contributed by atoms with Gasteiger partial charge in [-0.05, 0) is 25.8 Å². The molecule has 0 unspecified atom stereocenters. The second kappa shape index (κ2) is 7.87. The maximum atomic E-state index is 12.7. The smallest absolute Gasteiger partial charge is 0.341 e. The first kappa shape index (κ1) is 20.3. The molecule has 28 heavy (non-hydrogen) atoms. The first-order valence-electron chi connectivity index (χ1n) is 8.53. The second-order valence-electron chi connectivity index (χ2n) is 6.54. The summed E-state index contributed by atoms with van der Waals surface area (Å²) in [6, 6.07) is 0.929. The van der Waals surface area contributed by atoms with Crippen LogP contribution in [0.5, 0.6) is 0 Å². The lowest BCUT2D eigenvalue weighted by Gasteiger charge is -2.31. The molecule has 3 rings (SSSR count). The summed E-state index contributed by atoms with van der Waals surface area (Å²) < 4.78 is 39.3. The summed E-state index contributed by atoms with van der Waals surface area (Å²) in [4.78, 5) is 18.4. The van der Waals surface area contributed by atoms with Crippen LogP contribution in [0.4, 0.5) is 13.2 Å². The second-order valence-corrected chi connectivity index (χ2v) is 7.43. The minimum atomic E-state index is -4.54. The van der Waals surface area contributed by atoms with E-state index < -0.39 is 11.9 Å². The fraction of sp³-hybridized carbons (Fsp3) is 0.500. The zero-order chi connectivity index (χ0) is 20.5. The van der Waals surface area contributed by atoms with Crippen molar-refractivity contribution in [2.45, 2.75) is 38.4 Å². The number of hydroxylamine groups is 1. The third-order valence-electron chi connectivity index (χ3n) is 4.64. The highest BCUT2D eigenvalue weighted by molar-refractivity contribution is 7.09. The fourth-order valence-electron chi connectivity index (χ4n) is 3.06. The van der Waals surface area contributed by atoms with Crippen LogP contribution in [0.15, 0.2) is 11.4 Å². The van der Waals surface area contributed by atoms with Crippen LogP contribution in [-0.4, -0.2) is 49.7 Å². The van der Waals surface area contributed by atoms with Gasteiger partial charge in [-0.2, -0.15) is 18.3 Å². The number of rotatable bonds is 4. The monoisotopic (exact) mass is 416 g/mol. The molecule has 0 aromatic carbocycles. The normalized spacial score (nSPS) is 15.7. The van der Waals surface area contributed by atoms with Crippen LogP contribution in [0, 0.1) is 12.3 Å². The number of carbonyl (C=O) groups is 1. The summed E-state index contributed by atoms with van der Waals surface area (Å²) >= 11 is 1.39. The van der Waals surface area contributed by atoms with Crippen LogP contribution >= 0.6 is 11.3 Å². The number of amidine groups is 1. The maximum Gasteiger partial charge on any atom is 0.435 e. The summed E-state index contributed by atoms with van der Waals surface area (Å²) in [5, 5.41) is 22.3. The molecule has 1 fully saturated rings. The van der Waals surface area contributed by atoms with E-state index in [0.29, 0.717) is 31.6 Å². The first-order chi connectivity index (χ1) is 13.2. The fourth-order valence-corrected chi connectivity index (χ4v) is 4.04. The molecule has 0 atom stereocenters. The molecule has 2 aromatic heterocycles. The molecule has 0 aliphatic carbocycles. The van der Waals surface area contributed by atoms with Gasteiger partial charge in [0.15, 0.2) is 11.5 Å². The van der Waals surface area contributed by atoms with Crippen molar-refractivity contribution in [3.63, 3.8) is 0 Å². The molecule has 3 N–H and O–H groups in total. The Labute approximate surface area is 162 Å². The molecule has 0 spiro atoms. The van der Waals surface area contributed by atoms with E-state index in [9.17, 15) is 18.0 Å². The van der Waals surface area contributed by atoms with Crippen molar-refractivity contribution in [1.29, 1.82) is 5.41 Å². The highest BCUT2D eigenvalue weighted by Gasteiger charge is 2.35. The minimum Gasteiger partial charge on any atom is -0.341 e. The van der Waals surface area contributed by atoms with Crippen LogP contribution in [0.2, 0.25) is 0 Å². The lowest BCUT2D eigenvalue weighted by atomic mass is 9.97. The van der Waals surface area contributed by atoms with Gasteiger partial charge in [0, 0.05) is 30.1 Å². The van der Waals surface area contributed by atoms with Crippen molar-refractivity contribution in [3.8, 4) is 0 Å². The van der Waals surface area contributed by atoms with Crippen LogP contribution in [0.25, 0.3) is 0 Å². The van der Waals surface area contributed by atoms with Crippen LogP contribution < -0.4 is 5.48 Å². The van der Waals surface area contributed by atoms with Crippen molar-refractivity contribution in [2.24, 2.45) is 0 Å². The number of carbonyl (C=O) groups excluding carboxylic acids is 1. The number of nitrogens with one attached hydrogen (secondary N) is 2. The number of hydrogen-bond acceptors (Lipinski definition) is 6. The average Bonchev–Trinajstić information content (AvgIpc) is 3.28. The summed E-state index contributed by atoms with van der Waals surface area (Å²) in [5.41, 5.74) is 1.39. The Morgan fingerprint density at radius 3 is 2.68 bits per heavy atom. The molecule has 12 heteroatoms. The number of halogens is 3. The lowest BCUT2D eigenvalue weighted by molar-refractivity contribution is -0.142. The number of hydrogen-bond donors (Lipinski definition) is 3. The van der Waals surface area contributed by atoms with Gasteiger partial charge in [-0.15, -0.1) is 11.3 Å². The molecular formula is C16H19F3N6O2S. The Hall–Kier alpha value is -2.47. The molecule has 0 saturated carbocycles. The third-order valence-corrected chi connectivity index (χ3v) is 5.65. The Bertz CT molecular complexity index is 870. The minimum absolute atomic E-state index is 0.137. The van der Waals surface area contributed by atoms with Gasteiger partial charge < -0.3 is 4.90 Å². The third kappa shape index (κ3) is 4.33. The molecule has 0 radical (unpaired) electrons. The Balaban J connectivity index is 1.58. The molecule has 3 heterocycles. The molecule has 1 amide bonds. The van der Waals surface area contributed by atoms with Gasteiger partial charge in [-0.1, -0.05) is 0 Å². The molecule has 1 aliphatic rings. The predicted molar refractivity (Wildman–Crippen MR) is 94.4 cm³/mol. The van der Waals surface area contributed by atoms with E-state index >= 15 is 0 Å². The summed E-state index contributed by atoms with van der Waals surface area (Å²) in [6.07, 6.45) is -3.19.